The predicted octanol–water partition coefficient (Wildman–Crippen LogP) is 4.66. The van der Waals surface area contributed by atoms with Gasteiger partial charge in [-0.3, -0.25) is 4.68 Å². The maximum absolute atomic E-state index is 13.1. The number of fused-ring (bicyclic) bond motifs is 1. The molecule has 1 atom stereocenters. The van der Waals surface area contributed by atoms with Crippen LogP contribution in [0.2, 0.25) is 5.02 Å². The van der Waals surface area contributed by atoms with Crippen LogP contribution in [0.1, 0.15) is 17.4 Å². The Morgan fingerprint density at radius 2 is 1.86 bits per heavy atom. The molecule has 0 spiro atoms. The van der Waals surface area contributed by atoms with E-state index in [1.54, 1.807) is 24.3 Å². The highest BCUT2D eigenvalue weighted by Gasteiger charge is 2.24. The molecule has 0 radical (unpaired) electrons. The van der Waals surface area contributed by atoms with Crippen molar-refractivity contribution < 1.29 is 13.7 Å². The van der Waals surface area contributed by atoms with Gasteiger partial charge in [0.1, 0.15) is 11.9 Å². The summed E-state index contributed by atoms with van der Waals surface area (Å²) in [5, 5.41) is 9.25. The zero-order valence-corrected chi connectivity index (χ0v) is 15.3. The third-order valence-electron chi connectivity index (χ3n) is 4.62. The van der Waals surface area contributed by atoms with Crippen LogP contribution in [0.4, 0.5) is 4.39 Å². The van der Waals surface area contributed by atoms with Crippen LogP contribution < -0.4 is 0 Å². The number of benzene rings is 2. The highest BCUT2D eigenvalue weighted by atomic mass is 35.5. The molecular formula is C20H14ClFN4O2. The SMILES string of the molecule is Fc1ccc(C2Cn3nc(-c4nc(-c5ccc(Cl)cc5)no4)cc3CO2)cc1. The second-order valence-electron chi connectivity index (χ2n) is 6.48. The van der Waals surface area contributed by atoms with E-state index < -0.39 is 0 Å². The van der Waals surface area contributed by atoms with Gasteiger partial charge in [-0.25, -0.2) is 4.39 Å². The first-order valence-electron chi connectivity index (χ1n) is 8.69. The summed E-state index contributed by atoms with van der Waals surface area (Å²) in [6.45, 7) is 0.923. The second kappa shape index (κ2) is 6.85. The molecule has 28 heavy (non-hydrogen) atoms. The van der Waals surface area contributed by atoms with Crippen molar-refractivity contribution >= 4 is 11.6 Å². The summed E-state index contributed by atoms with van der Waals surface area (Å²) in [6, 6.07) is 15.4. The van der Waals surface area contributed by atoms with Gasteiger partial charge in [-0.15, -0.1) is 0 Å². The molecule has 3 heterocycles. The van der Waals surface area contributed by atoms with Crippen LogP contribution in [0.5, 0.6) is 0 Å². The Morgan fingerprint density at radius 3 is 2.64 bits per heavy atom. The van der Waals surface area contributed by atoms with Gasteiger partial charge in [0.15, 0.2) is 5.69 Å². The van der Waals surface area contributed by atoms with Crippen LogP contribution in [-0.2, 0) is 17.9 Å². The van der Waals surface area contributed by atoms with Crippen molar-refractivity contribution in [2.75, 3.05) is 0 Å². The Morgan fingerprint density at radius 1 is 1.07 bits per heavy atom. The number of hydrogen-bond donors (Lipinski definition) is 0. The third kappa shape index (κ3) is 3.19. The van der Waals surface area contributed by atoms with Crippen molar-refractivity contribution in [3.63, 3.8) is 0 Å². The van der Waals surface area contributed by atoms with E-state index in [1.165, 1.54) is 12.1 Å². The Bertz CT molecular complexity index is 1120. The molecule has 6 nitrogen and oxygen atoms in total. The first-order chi connectivity index (χ1) is 13.7. The van der Waals surface area contributed by atoms with Gasteiger partial charge in [-0.2, -0.15) is 10.1 Å². The fourth-order valence-electron chi connectivity index (χ4n) is 3.15. The Balaban J connectivity index is 1.39. The minimum Gasteiger partial charge on any atom is -0.365 e. The smallest absolute Gasteiger partial charge is 0.278 e. The topological polar surface area (TPSA) is 66.0 Å². The van der Waals surface area contributed by atoms with E-state index in [0.717, 1.165) is 16.8 Å². The lowest BCUT2D eigenvalue weighted by Gasteiger charge is -2.24. The summed E-state index contributed by atoms with van der Waals surface area (Å²) in [7, 11) is 0. The van der Waals surface area contributed by atoms with E-state index in [-0.39, 0.29) is 11.9 Å². The van der Waals surface area contributed by atoms with Crippen LogP contribution in [0.25, 0.3) is 23.0 Å². The van der Waals surface area contributed by atoms with E-state index in [2.05, 4.69) is 15.2 Å². The molecule has 8 heteroatoms. The minimum atomic E-state index is -0.269. The van der Waals surface area contributed by atoms with Crippen LogP contribution in [0.3, 0.4) is 0 Å². The third-order valence-corrected chi connectivity index (χ3v) is 4.88. The number of hydrogen-bond acceptors (Lipinski definition) is 5. The Hall–Kier alpha value is -3.03. The van der Waals surface area contributed by atoms with Gasteiger partial charge >= 0.3 is 0 Å². The average Bonchev–Trinajstić information content (AvgIpc) is 3.35. The van der Waals surface area contributed by atoms with Crippen molar-refractivity contribution in [2.45, 2.75) is 19.3 Å². The van der Waals surface area contributed by atoms with Gasteiger partial charge in [0, 0.05) is 10.6 Å². The highest BCUT2D eigenvalue weighted by Crippen LogP contribution is 2.29. The number of halogens is 2. The zero-order valence-electron chi connectivity index (χ0n) is 14.5. The number of aromatic nitrogens is 4. The van der Waals surface area contributed by atoms with Gasteiger partial charge < -0.3 is 9.26 Å². The van der Waals surface area contributed by atoms with Crippen LogP contribution in [0, 0.1) is 5.82 Å². The van der Waals surface area contributed by atoms with Gasteiger partial charge in [0.05, 0.1) is 18.8 Å². The standard InChI is InChI=1S/C20H14ClFN4O2/c21-14-5-1-13(2-6-14)19-23-20(28-25-19)17-9-16-11-27-18(10-26(16)24-17)12-3-7-15(22)8-4-12/h1-9,18H,10-11H2. The van der Waals surface area contributed by atoms with E-state index in [9.17, 15) is 4.39 Å². The van der Waals surface area contributed by atoms with Crippen molar-refractivity contribution in [2.24, 2.45) is 0 Å². The summed E-state index contributed by atoms with van der Waals surface area (Å²) < 4.78 is 26.3. The Kier molecular flexibility index (Phi) is 4.18. The normalized spacial score (nSPS) is 16.1. The number of rotatable bonds is 3. The quantitative estimate of drug-likeness (QED) is 0.503. The number of ether oxygens (including phenoxy) is 1. The van der Waals surface area contributed by atoms with E-state index >= 15 is 0 Å². The van der Waals surface area contributed by atoms with E-state index in [0.29, 0.717) is 35.6 Å². The molecular weight excluding hydrogens is 383 g/mol. The molecule has 1 aliphatic heterocycles. The first-order valence-corrected chi connectivity index (χ1v) is 9.07. The maximum atomic E-state index is 13.1. The van der Waals surface area contributed by atoms with Crippen molar-refractivity contribution in [1.82, 2.24) is 19.9 Å². The van der Waals surface area contributed by atoms with Gasteiger partial charge in [0.2, 0.25) is 5.82 Å². The molecule has 1 unspecified atom stereocenters. The summed E-state index contributed by atoms with van der Waals surface area (Å²) in [4.78, 5) is 4.43. The highest BCUT2D eigenvalue weighted by molar-refractivity contribution is 6.30. The predicted molar refractivity (Wildman–Crippen MR) is 99.9 cm³/mol. The molecule has 140 valence electrons. The molecule has 1 aliphatic rings. The van der Waals surface area contributed by atoms with Crippen LogP contribution in [-0.4, -0.2) is 19.9 Å². The molecule has 2 aromatic heterocycles. The lowest BCUT2D eigenvalue weighted by molar-refractivity contribution is -0.00116. The minimum absolute atomic E-state index is 0.187. The molecule has 4 aromatic rings. The maximum Gasteiger partial charge on any atom is 0.278 e. The van der Waals surface area contributed by atoms with Crippen molar-refractivity contribution in [1.29, 1.82) is 0 Å². The molecule has 0 saturated carbocycles. The molecule has 0 amide bonds. The lowest BCUT2D eigenvalue weighted by atomic mass is 10.1. The Labute approximate surface area is 164 Å². The monoisotopic (exact) mass is 396 g/mol. The van der Waals surface area contributed by atoms with Crippen molar-refractivity contribution in [3.05, 3.63) is 76.7 Å². The molecule has 5 rings (SSSR count). The van der Waals surface area contributed by atoms with Gasteiger partial charge in [-0.05, 0) is 48.0 Å². The molecule has 2 aromatic carbocycles. The van der Waals surface area contributed by atoms with E-state index in [4.69, 9.17) is 20.9 Å². The van der Waals surface area contributed by atoms with Crippen molar-refractivity contribution in [3.8, 4) is 23.0 Å². The summed E-state index contributed by atoms with van der Waals surface area (Å²) in [5.74, 6) is 0.540. The fourth-order valence-corrected chi connectivity index (χ4v) is 3.28. The molecule has 0 bridgehead atoms. The molecule has 0 fully saturated rings. The largest absolute Gasteiger partial charge is 0.365 e. The molecule has 0 aliphatic carbocycles. The van der Waals surface area contributed by atoms with Gasteiger partial charge in [0.25, 0.3) is 5.89 Å². The molecule has 0 saturated heterocycles. The first kappa shape index (κ1) is 17.1. The van der Waals surface area contributed by atoms with Gasteiger partial charge in [-0.1, -0.05) is 28.9 Å². The summed E-state index contributed by atoms with van der Waals surface area (Å²) in [5.41, 5.74) is 3.22. The average molecular weight is 397 g/mol. The van der Waals surface area contributed by atoms with Crippen LogP contribution >= 0.6 is 11.6 Å². The summed E-state index contributed by atoms with van der Waals surface area (Å²) >= 11 is 5.91. The summed E-state index contributed by atoms with van der Waals surface area (Å²) in [6.07, 6.45) is -0.187. The van der Waals surface area contributed by atoms with Crippen LogP contribution in [0.15, 0.2) is 59.1 Å². The zero-order chi connectivity index (χ0) is 19.1. The van der Waals surface area contributed by atoms with E-state index in [1.807, 2.05) is 22.9 Å². The second-order valence-corrected chi connectivity index (χ2v) is 6.92. The molecule has 0 N–H and O–H groups in total. The fraction of sp³-hybridized carbons (Fsp3) is 0.150. The lowest BCUT2D eigenvalue weighted by Crippen LogP contribution is -2.21. The number of nitrogens with zero attached hydrogens (tertiary/aromatic N) is 4.